The van der Waals surface area contributed by atoms with Crippen LogP contribution in [0.25, 0.3) is 0 Å². The van der Waals surface area contributed by atoms with E-state index in [-0.39, 0.29) is 10.9 Å². The lowest BCUT2D eigenvalue weighted by molar-refractivity contribution is -0.141. The van der Waals surface area contributed by atoms with Crippen LogP contribution in [0.4, 0.5) is 13.2 Å². The largest absolute Gasteiger partial charge is 0.433 e. The Hall–Kier alpha value is -1.18. The summed E-state index contributed by atoms with van der Waals surface area (Å²) in [5.41, 5.74) is -1.30. The molecule has 1 aromatic heterocycles. The van der Waals surface area contributed by atoms with E-state index in [1.807, 2.05) is 0 Å². The van der Waals surface area contributed by atoms with Gasteiger partial charge in [0.25, 0.3) is 5.56 Å². The van der Waals surface area contributed by atoms with E-state index in [1.54, 1.807) is 12.1 Å². The molecule has 0 amide bonds. The van der Waals surface area contributed by atoms with E-state index in [9.17, 15) is 18.0 Å². The average Bonchev–Trinajstić information content (AvgIpc) is 2.40. The van der Waals surface area contributed by atoms with Gasteiger partial charge < -0.3 is 0 Å². The molecule has 1 aromatic carbocycles. The van der Waals surface area contributed by atoms with Crippen molar-refractivity contribution in [3.8, 4) is 0 Å². The summed E-state index contributed by atoms with van der Waals surface area (Å²) in [6.07, 6.45) is -4.67. The van der Waals surface area contributed by atoms with Gasteiger partial charge in [0, 0.05) is 28.9 Å². The molecule has 0 aliphatic rings. The summed E-state index contributed by atoms with van der Waals surface area (Å²) in [5.74, 6) is 0.262. The number of aromatic nitrogens is 2. The fourth-order valence-corrected chi connectivity index (χ4v) is 3.11. The molecule has 0 aliphatic heterocycles. The lowest BCUT2D eigenvalue weighted by atomic mass is 10.2. The predicted octanol–water partition coefficient (Wildman–Crippen LogP) is 4.40. The van der Waals surface area contributed by atoms with Gasteiger partial charge in [-0.05, 0) is 17.7 Å². The monoisotopic (exact) mass is 368 g/mol. The summed E-state index contributed by atoms with van der Waals surface area (Å²) >= 11 is 12.8. The highest BCUT2D eigenvalue weighted by Crippen LogP contribution is 2.30. The molecule has 0 aliphatic carbocycles. The molecule has 0 N–H and O–H groups in total. The Morgan fingerprint density at radius 1 is 1.27 bits per heavy atom. The Bertz CT molecular complexity index is 762. The molecule has 0 spiro atoms. The first-order valence-corrected chi connectivity index (χ1v) is 7.64. The molecule has 9 heteroatoms. The highest BCUT2D eigenvalue weighted by atomic mass is 35.5. The minimum atomic E-state index is -4.67. The molecule has 118 valence electrons. The summed E-state index contributed by atoms with van der Waals surface area (Å²) in [6.45, 7) is 0. The van der Waals surface area contributed by atoms with Crippen molar-refractivity contribution < 1.29 is 13.2 Å². The Labute approximate surface area is 138 Å². The standard InChI is InChI=1S/C13H9Cl2F3N2OS/c1-20-11(21)5-10(13(16,17)18)19-12(20)22-6-7-2-3-8(14)4-9(7)15/h2-5H,6H2,1H3. The van der Waals surface area contributed by atoms with Crippen molar-refractivity contribution in [2.45, 2.75) is 17.1 Å². The van der Waals surface area contributed by atoms with Crippen molar-refractivity contribution >= 4 is 35.0 Å². The van der Waals surface area contributed by atoms with E-state index in [1.165, 1.54) is 13.1 Å². The average molecular weight is 369 g/mol. The van der Waals surface area contributed by atoms with Gasteiger partial charge in [0.15, 0.2) is 10.9 Å². The third kappa shape index (κ3) is 3.97. The van der Waals surface area contributed by atoms with Crippen molar-refractivity contribution in [3.63, 3.8) is 0 Å². The van der Waals surface area contributed by atoms with Gasteiger partial charge in [0.1, 0.15) is 0 Å². The number of thioether (sulfide) groups is 1. The molecule has 0 fully saturated rings. The zero-order valence-corrected chi connectivity index (χ0v) is 13.4. The zero-order valence-electron chi connectivity index (χ0n) is 11.1. The lowest BCUT2D eigenvalue weighted by Crippen LogP contribution is -2.23. The van der Waals surface area contributed by atoms with Crippen molar-refractivity contribution in [2.24, 2.45) is 7.05 Å². The third-order valence-electron chi connectivity index (χ3n) is 2.76. The first-order valence-electron chi connectivity index (χ1n) is 5.90. The van der Waals surface area contributed by atoms with Crippen LogP contribution < -0.4 is 5.56 Å². The molecule has 2 rings (SSSR count). The Kier molecular flexibility index (Phi) is 5.09. The molecule has 3 nitrogen and oxygen atoms in total. The van der Waals surface area contributed by atoms with Crippen LogP contribution >= 0.6 is 35.0 Å². The summed E-state index contributed by atoms with van der Waals surface area (Å²) < 4.78 is 39.1. The lowest BCUT2D eigenvalue weighted by Gasteiger charge is -2.11. The Balaban J connectivity index is 2.29. The van der Waals surface area contributed by atoms with Gasteiger partial charge in [0.2, 0.25) is 0 Å². The number of hydrogen-bond acceptors (Lipinski definition) is 3. The first-order chi connectivity index (χ1) is 10.2. The zero-order chi connectivity index (χ0) is 16.5. The van der Waals surface area contributed by atoms with Gasteiger partial charge in [-0.25, -0.2) is 4.98 Å². The topological polar surface area (TPSA) is 34.9 Å². The van der Waals surface area contributed by atoms with E-state index in [2.05, 4.69) is 4.98 Å². The fraction of sp³-hybridized carbons (Fsp3) is 0.231. The second kappa shape index (κ2) is 6.52. The van der Waals surface area contributed by atoms with E-state index in [4.69, 9.17) is 23.2 Å². The summed E-state index contributed by atoms with van der Waals surface area (Å²) in [7, 11) is 1.36. The molecule has 0 saturated heterocycles. The number of rotatable bonds is 3. The number of benzene rings is 1. The minimum absolute atomic E-state index is 0.0363. The summed E-state index contributed by atoms with van der Waals surface area (Å²) in [6, 6.07) is 5.31. The first kappa shape index (κ1) is 17.2. The van der Waals surface area contributed by atoms with E-state index < -0.39 is 17.4 Å². The van der Waals surface area contributed by atoms with Crippen molar-refractivity contribution in [1.29, 1.82) is 0 Å². The molecular weight excluding hydrogens is 360 g/mol. The predicted molar refractivity (Wildman–Crippen MR) is 80.5 cm³/mol. The van der Waals surface area contributed by atoms with Crippen LogP contribution in [0.5, 0.6) is 0 Å². The molecule has 2 aromatic rings. The van der Waals surface area contributed by atoms with Crippen LogP contribution in [0.15, 0.2) is 34.2 Å². The third-order valence-corrected chi connectivity index (χ3v) is 4.42. The maximum atomic E-state index is 12.7. The van der Waals surface area contributed by atoms with Gasteiger partial charge in [-0.15, -0.1) is 0 Å². The maximum Gasteiger partial charge on any atom is 0.433 e. The van der Waals surface area contributed by atoms with Crippen molar-refractivity contribution in [1.82, 2.24) is 9.55 Å². The fourth-order valence-electron chi connectivity index (χ4n) is 1.57. The van der Waals surface area contributed by atoms with Gasteiger partial charge in [-0.3, -0.25) is 9.36 Å². The van der Waals surface area contributed by atoms with Crippen LogP contribution in [0.3, 0.4) is 0 Å². The van der Waals surface area contributed by atoms with Crippen LogP contribution in [0.2, 0.25) is 10.0 Å². The SMILES string of the molecule is Cn1c(SCc2ccc(Cl)cc2Cl)nc(C(F)(F)F)cc1=O. The minimum Gasteiger partial charge on any atom is -0.291 e. The van der Waals surface area contributed by atoms with Crippen LogP contribution in [0, 0.1) is 0 Å². The van der Waals surface area contributed by atoms with E-state index in [0.29, 0.717) is 21.7 Å². The molecule has 1 heterocycles. The van der Waals surface area contributed by atoms with Crippen molar-refractivity contribution in [2.75, 3.05) is 0 Å². The maximum absolute atomic E-state index is 12.7. The van der Waals surface area contributed by atoms with Crippen LogP contribution in [0.1, 0.15) is 11.3 Å². The smallest absolute Gasteiger partial charge is 0.291 e. The van der Waals surface area contributed by atoms with E-state index >= 15 is 0 Å². The molecule has 0 bridgehead atoms. The van der Waals surface area contributed by atoms with Gasteiger partial charge in [-0.1, -0.05) is 41.0 Å². The number of alkyl halides is 3. The quantitative estimate of drug-likeness (QED) is 0.594. The highest BCUT2D eigenvalue weighted by Gasteiger charge is 2.33. The number of halogens is 5. The molecule has 0 unspecified atom stereocenters. The van der Waals surface area contributed by atoms with Crippen molar-refractivity contribution in [3.05, 3.63) is 55.9 Å². The summed E-state index contributed by atoms with van der Waals surface area (Å²) in [5, 5.41) is 0.825. The normalized spacial score (nSPS) is 11.7. The van der Waals surface area contributed by atoms with Gasteiger partial charge in [0.05, 0.1) is 0 Å². The second-order valence-electron chi connectivity index (χ2n) is 4.34. The van der Waals surface area contributed by atoms with E-state index in [0.717, 1.165) is 16.3 Å². The molecule has 22 heavy (non-hydrogen) atoms. The Morgan fingerprint density at radius 2 is 1.95 bits per heavy atom. The Morgan fingerprint density at radius 3 is 2.55 bits per heavy atom. The molecule has 0 radical (unpaired) electrons. The highest BCUT2D eigenvalue weighted by molar-refractivity contribution is 7.98. The second-order valence-corrected chi connectivity index (χ2v) is 6.13. The number of hydrogen-bond donors (Lipinski definition) is 0. The van der Waals surface area contributed by atoms with Crippen LogP contribution in [-0.2, 0) is 19.0 Å². The molecule has 0 saturated carbocycles. The van der Waals surface area contributed by atoms with Gasteiger partial charge in [-0.2, -0.15) is 13.2 Å². The molecule has 0 atom stereocenters. The molecular formula is C13H9Cl2F3N2OS. The van der Waals surface area contributed by atoms with Crippen LogP contribution in [-0.4, -0.2) is 9.55 Å². The van der Waals surface area contributed by atoms with Gasteiger partial charge >= 0.3 is 6.18 Å². The summed E-state index contributed by atoms with van der Waals surface area (Å²) in [4.78, 5) is 15.1. The number of nitrogens with zero attached hydrogens (tertiary/aromatic N) is 2.